The van der Waals surface area contributed by atoms with Gasteiger partial charge in [0.05, 0.1) is 12.1 Å². The number of rotatable bonds is 4. The molecule has 2 nitrogen and oxygen atoms in total. The first-order valence-electron chi connectivity index (χ1n) is 4.95. The van der Waals surface area contributed by atoms with Crippen LogP contribution in [0.4, 0.5) is 0 Å². The van der Waals surface area contributed by atoms with Crippen LogP contribution in [0.2, 0.25) is 0 Å². The molecule has 0 spiro atoms. The number of aryl methyl sites for hydroxylation is 1. The van der Waals surface area contributed by atoms with E-state index in [2.05, 4.69) is 43.4 Å². The van der Waals surface area contributed by atoms with Gasteiger partial charge >= 0.3 is 0 Å². The van der Waals surface area contributed by atoms with Gasteiger partial charge in [0.1, 0.15) is 0 Å². The van der Waals surface area contributed by atoms with Gasteiger partial charge in [-0.05, 0) is 26.5 Å². The average Bonchev–Trinajstić information content (AvgIpc) is 2.21. The van der Waals surface area contributed by atoms with Crippen molar-refractivity contribution in [3.8, 4) is 0 Å². The van der Waals surface area contributed by atoms with Gasteiger partial charge in [-0.1, -0.05) is 29.8 Å². The van der Waals surface area contributed by atoms with Crippen LogP contribution >= 0.6 is 0 Å². The summed E-state index contributed by atoms with van der Waals surface area (Å²) in [6.45, 7) is 4.17. The van der Waals surface area contributed by atoms with E-state index >= 15 is 0 Å². The highest BCUT2D eigenvalue weighted by Crippen LogP contribution is 2.18. The van der Waals surface area contributed by atoms with Crippen molar-refractivity contribution in [3.63, 3.8) is 0 Å². The summed E-state index contributed by atoms with van der Waals surface area (Å²) in [5.74, 6) is 0. The van der Waals surface area contributed by atoms with Crippen LogP contribution < -0.4 is 5.32 Å². The van der Waals surface area contributed by atoms with Crippen LogP contribution in [0, 0.1) is 6.92 Å². The van der Waals surface area contributed by atoms with Gasteiger partial charge in [0, 0.05) is 7.11 Å². The first-order chi connectivity index (χ1) is 6.69. The first kappa shape index (κ1) is 11.2. The van der Waals surface area contributed by atoms with Crippen molar-refractivity contribution in [2.75, 3.05) is 14.2 Å². The maximum absolute atomic E-state index is 5.33. The summed E-state index contributed by atoms with van der Waals surface area (Å²) < 4.78 is 5.33. The van der Waals surface area contributed by atoms with Crippen LogP contribution in [0.15, 0.2) is 24.3 Å². The van der Waals surface area contributed by atoms with Crippen molar-refractivity contribution in [2.45, 2.75) is 26.0 Å². The highest BCUT2D eigenvalue weighted by Gasteiger charge is 2.16. The Bertz CT molecular complexity index is 268. The molecule has 0 aliphatic heterocycles. The maximum atomic E-state index is 5.33. The Kier molecular flexibility index (Phi) is 4.11. The summed E-state index contributed by atoms with van der Waals surface area (Å²) in [5, 5.41) is 3.26. The fourth-order valence-corrected chi connectivity index (χ4v) is 1.58. The summed E-state index contributed by atoms with van der Waals surface area (Å²) in [7, 11) is 3.70. The minimum atomic E-state index is 0.183. The molecule has 1 aromatic carbocycles. The molecule has 1 rings (SSSR count). The average molecular weight is 193 g/mol. The van der Waals surface area contributed by atoms with E-state index in [0.717, 1.165) is 0 Å². The van der Waals surface area contributed by atoms with Crippen LogP contribution in [-0.2, 0) is 4.74 Å². The molecule has 0 saturated heterocycles. The second-order valence-corrected chi connectivity index (χ2v) is 3.62. The molecule has 0 saturated carbocycles. The quantitative estimate of drug-likeness (QED) is 0.792. The van der Waals surface area contributed by atoms with Crippen LogP contribution in [0.25, 0.3) is 0 Å². The maximum Gasteiger partial charge on any atom is 0.0737 e. The van der Waals surface area contributed by atoms with Crippen molar-refractivity contribution < 1.29 is 4.74 Å². The Hall–Kier alpha value is -0.860. The first-order valence-corrected chi connectivity index (χ1v) is 4.95. The van der Waals surface area contributed by atoms with Crippen LogP contribution in [0.1, 0.15) is 24.1 Å². The molecule has 2 atom stereocenters. The zero-order valence-electron chi connectivity index (χ0n) is 9.37. The molecule has 78 valence electrons. The molecule has 2 unspecified atom stereocenters. The third-order valence-corrected chi connectivity index (χ3v) is 2.59. The van der Waals surface area contributed by atoms with Crippen molar-refractivity contribution in [3.05, 3.63) is 35.4 Å². The van der Waals surface area contributed by atoms with E-state index < -0.39 is 0 Å². The smallest absolute Gasteiger partial charge is 0.0737 e. The van der Waals surface area contributed by atoms with Crippen LogP contribution in [-0.4, -0.2) is 20.3 Å². The van der Waals surface area contributed by atoms with E-state index in [0.29, 0.717) is 0 Å². The molecule has 1 N–H and O–H groups in total. The largest absolute Gasteiger partial charge is 0.380 e. The second-order valence-electron chi connectivity index (χ2n) is 3.62. The zero-order valence-corrected chi connectivity index (χ0v) is 9.37. The number of hydrogen-bond donors (Lipinski definition) is 1. The highest BCUT2D eigenvalue weighted by atomic mass is 16.5. The van der Waals surface area contributed by atoms with E-state index in [-0.39, 0.29) is 12.1 Å². The van der Waals surface area contributed by atoms with Crippen molar-refractivity contribution in [1.82, 2.24) is 5.32 Å². The number of nitrogens with one attached hydrogen (secondary N) is 1. The van der Waals surface area contributed by atoms with Gasteiger partial charge in [0.15, 0.2) is 0 Å². The summed E-state index contributed by atoms with van der Waals surface area (Å²) in [4.78, 5) is 0. The molecule has 2 heteroatoms. The molecule has 0 amide bonds. The Balaban J connectivity index is 2.84. The van der Waals surface area contributed by atoms with E-state index in [9.17, 15) is 0 Å². The lowest BCUT2D eigenvalue weighted by Gasteiger charge is -2.22. The molecule has 14 heavy (non-hydrogen) atoms. The van der Waals surface area contributed by atoms with Crippen molar-refractivity contribution in [2.24, 2.45) is 0 Å². The lowest BCUT2D eigenvalue weighted by atomic mass is 10.0. The Labute approximate surface area is 86.3 Å². The van der Waals surface area contributed by atoms with Gasteiger partial charge < -0.3 is 10.1 Å². The zero-order chi connectivity index (χ0) is 10.6. The van der Waals surface area contributed by atoms with E-state index in [1.807, 2.05) is 7.05 Å². The minimum Gasteiger partial charge on any atom is -0.380 e. The molecule has 0 aliphatic rings. The molecule has 0 bridgehead atoms. The Morgan fingerprint density at radius 2 is 1.79 bits per heavy atom. The molecule has 0 aromatic heterocycles. The Morgan fingerprint density at radius 1 is 1.21 bits per heavy atom. The monoisotopic (exact) mass is 193 g/mol. The normalized spacial score (nSPS) is 15.1. The third kappa shape index (κ3) is 2.56. The summed E-state index contributed by atoms with van der Waals surface area (Å²) in [5.41, 5.74) is 2.56. The molecule has 0 aliphatic carbocycles. The van der Waals surface area contributed by atoms with E-state index in [1.165, 1.54) is 11.1 Å². The molecule has 0 fully saturated rings. The lowest BCUT2D eigenvalue weighted by molar-refractivity contribution is 0.0857. The number of likely N-dealkylation sites (N-methyl/N-ethyl adjacent to an activating group) is 1. The highest BCUT2D eigenvalue weighted by molar-refractivity contribution is 5.24. The standard InChI is InChI=1S/C12H19NO/c1-9-5-7-11(8-6-9)12(13-3)10(2)14-4/h5-8,10,12-13H,1-4H3. The number of methoxy groups -OCH3 is 1. The lowest BCUT2D eigenvalue weighted by Crippen LogP contribution is -2.28. The number of ether oxygens (including phenoxy) is 1. The molecule has 0 radical (unpaired) electrons. The summed E-state index contributed by atoms with van der Waals surface area (Å²) in [6.07, 6.45) is 0.183. The molecule has 0 heterocycles. The minimum absolute atomic E-state index is 0.183. The molecular formula is C12H19NO. The number of hydrogen-bond acceptors (Lipinski definition) is 2. The second kappa shape index (κ2) is 5.13. The van der Waals surface area contributed by atoms with Gasteiger partial charge in [-0.25, -0.2) is 0 Å². The SMILES string of the molecule is CNC(c1ccc(C)cc1)C(C)OC. The van der Waals surface area contributed by atoms with Crippen LogP contribution in [0.5, 0.6) is 0 Å². The van der Waals surface area contributed by atoms with Gasteiger partial charge in [0.2, 0.25) is 0 Å². The van der Waals surface area contributed by atoms with Gasteiger partial charge in [-0.3, -0.25) is 0 Å². The van der Waals surface area contributed by atoms with Crippen LogP contribution in [0.3, 0.4) is 0 Å². The van der Waals surface area contributed by atoms with Gasteiger partial charge in [-0.15, -0.1) is 0 Å². The third-order valence-electron chi connectivity index (χ3n) is 2.59. The van der Waals surface area contributed by atoms with Crippen molar-refractivity contribution >= 4 is 0 Å². The van der Waals surface area contributed by atoms with E-state index in [4.69, 9.17) is 4.74 Å². The molecule has 1 aromatic rings. The summed E-state index contributed by atoms with van der Waals surface area (Å²) in [6, 6.07) is 8.81. The Morgan fingerprint density at radius 3 is 2.21 bits per heavy atom. The van der Waals surface area contributed by atoms with Crippen molar-refractivity contribution in [1.29, 1.82) is 0 Å². The predicted octanol–water partition coefficient (Wildman–Crippen LogP) is 2.29. The van der Waals surface area contributed by atoms with E-state index in [1.54, 1.807) is 7.11 Å². The fraction of sp³-hybridized carbons (Fsp3) is 0.500. The topological polar surface area (TPSA) is 21.3 Å². The molecular weight excluding hydrogens is 174 g/mol. The summed E-state index contributed by atoms with van der Waals surface area (Å²) >= 11 is 0. The van der Waals surface area contributed by atoms with Gasteiger partial charge in [-0.2, -0.15) is 0 Å². The fourth-order valence-electron chi connectivity index (χ4n) is 1.58. The predicted molar refractivity (Wildman–Crippen MR) is 59.5 cm³/mol. The van der Waals surface area contributed by atoms with Gasteiger partial charge in [0.25, 0.3) is 0 Å². The number of benzene rings is 1.